The predicted molar refractivity (Wildman–Crippen MR) is 323 cm³/mol. The molecule has 0 aromatic carbocycles. The van der Waals surface area contributed by atoms with Crippen molar-refractivity contribution >= 4 is 13.7 Å². The van der Waals surface area contributed by atoms with Crippen molar-refractivity contribution in [2.75, 3.05) is 40.9 Å². The number of aliphatic hydroxyl groups excluding tert-OH is 1. The highest BCUT2D eigenvalue weighted by Crippen LogP contribution is 2.43. The first-order valence-electron chi connectivity index (χ1n) is 33.1. The number of phosphoric acid groups is 1. The zero-order chi connectivity index (χ0) is 54.2. The van der Waals surface area contributed by atoms with Crippen LogP contribution in [0.2, 0.25) is 0 Å². The van der Waals surface area contributed by atoms with Gasteiger partial charge in [-0.1, -0.05) is 334 Å². The zero-order valence-corrected chi connectivity index (χ0v) is 51.5. The topological polar surface area (TPSA) is 105 Å². The average Bonchev–Trinajstić information content (AvgIpc) is 3.36. The third kappa shape index (κ3) is 58.9. The van der Waals surface area contributed by atoms with Crippen molar-refractivity contribution < 1.29 is 32.9 Å². The third-order valence-electron chi connectivity index (χ3n) is 15.5. The molecule has 0 saturated carbocycles. The number of nitrogens with one attached hydrogen (secondary N) is 1. The fraction of sp³-hybridized carbons (Fsp3) is 0.954. The van der Waals surface area contributed by atoms with Gasteiger partial charge in [0.25, 0.3) is 0 Å². The molecule has 0 bridgehead atoms. The van der Waals surface area contributed by atoms with E-state index in [9.17, 15) is 19.4 Å². The molecule has 0 saturated heterocycles. The predicted octanol–water partition coefficient (Wildman–Crippen LogP) is 20.6. The molecule has 442 valence electrons. The maximum absolute atomic E-state index is 13.0. The number of aliphatic hydroxyl groups is 1. The molecule has 1 amide bonds. The quantitative estimate of drug-likeness (QED) is 0.0243. The second kappa shape index (κ2) is 56.9. The number of carbonyl (C=O) groups excluding carboxylic acids is 1. The number of quaternary nitrogens is 1. The molecule has 0 heterocycles. The van der Waals surface area contributed by atoms with Crippen molar-refractivity contribution in [2.45, 2.75) is 360 Å². The summed E-state index contributed by atoms with van der Waals surface area (Å²) in [5, 5.41) is 14.0. The van der Waals surface area contributed by atoms with Gasteiger partial charge in [-0.3, -0.25) is 13.8 Å². The second-order valence-corrected chi connectivity index (χ2v) is 25.7. The highest BCUT2D eigenvalue weighted by Gasteiger charge is 2.28. The first-order chi connectivity index (χ1) is 36.0. The van der Waals surface area contributed by atoms with Gasteiger partial charge in [0.1, 0.15) is 13.2 Å². The van der Waals surface area contributed by atoms with Crippen molar-refractivity contribution in [1.82, 2.24) is 5.32 Å². The normalized spacial score (nSPS) is 13.8. The lowest BCUT2D eigenvalue weighted by atomic mass is 10.0. The number of hydrogen-bond acceptors (Lipinski definition) is 5. The van der Waals surface area contributed by atoms with E-state index < -0.39 is 20.0 Å². The van der Waals surface area contributed by atoms with Crippen LogP contribution < -0.4 is 5.32 Å². The molecule has 0 aromatic heterocycles. The summed E-state index contributed by atoms with van der Waals surface area (Å²) < 4.78 is 23.8. The summed E-state index contributed by atoms with van der Waals surface area (Å²) in [4.78, 5) is 23.4. The van der Waals surface area contributed by atoms with Crippen molar-refractivity contribution in [3.8, 4) is 0 Å². The van der Waals surface area contributed by atoms with E-state index in [2.05, 4.69) is 19.2 Å². The lowest BCUT2D eigenvalue weighted by Gasteiger charge is -2.25. The fourth-order valence-corrected chi connectivity index (χ4v) is 11.1. The van der Waals surface area contributed by atoms with Crippen LogP contribution in [0.5, 0.6) is 0 Å². The van der Waals surface area contributed by atoms with Gasteiger partial charge >= 0.3 is 7.82 Å². The molecule has 8 nitrogen and oxygen atoms in total. The van der Waals surface area contributed by atoms with Crippen LogP contribution in [0.1, 0.15) is 348 Å². The number of nitrogens with zero attached hydrogens (tertiary/aromatic N) is 1. The number of rotatable bonds is 62. The Labute approximate surface area is 462 Å². The van der Waals surface area contributed by atoms with E-state index in [0.717, 1.165) is 32.1 Å². The lowest BCUT2D eigenvalue weighted by molar-refractivity contribution is -0.870. The Morgan fingerprint density at radius 1 is 0.446 bits per heavy atom. The third-order valence-corrected chi connectivity index (χ3v) is 16.5. The summed E-state index contributed by atoms with van der Waals surface area (Å²) in [6.07, 6.45) is 72.0. The molecule has 0 aromatic rings. The van der Waals surface area contributed by atoms with Gasteiger partial charge in [-0.05, 0) is 19.3 Å². The molecule has 3 unspecified atom stereocenters. The summed E-state index contributed by atoms with van der Waals surface area (Å²) in [5.41, 5.74) is 0. The number of unbranched alkanes of at least 4 members (excludes halogenated alkanes) is 49. The van der Waals surface area contributed by atoms with Gasteiger partial charge < -0.3 is 19.8 Å². The number of amides is 1. The molecule has 0 aliphatic carbocycles. The van der Waals surface area contributed by atoms with E-state index in [1.807, 2.05) is 27.2 Å². The highest BCUT2D eigenvalue weighted by atomic mass is 31.2. The van der Waals surface area contributed by atoms with Crippen LogP contribution in [-0.2, 0) is 18.4 Å². The standard InChI is InChI=1S/C65H131N2O6P/c1-6-8-10-12-14-16-18-20-22-24-26-28-30-32-33-34-35-37-39-41-43-45-47-49-51-53-55-57-59-65(69)66-63(62-73-74(70,71)72-61-60-67(3,4)5)64(68)58-56-54-52-50-48-46-44-42-40-38-36-31-29-27-25-23-21-19-17-15-13-11-9-7-2/h56,58,63-64,68H,6-55,57,59-62H2,1-5H3,(H-,66,69,70,71)/p+1/b58-56+. The van der Waals surface area contributed by atoms with Gasteiger partial charge in [-0.2, -0.15) is 0 Å². The number of hydrogen-bond donors (Lipinski definition) is 3. The summed E-state index contributed by atoms with van der Waals surface area (Å²) in [6, 6.07) is -0.843. The molecule has 0 spiro atoms. The molecule has 74 heavy (non-hydrogen) atoms. The van der Waals surface area contributed by atoms with E-state index in [0.29, 0.717) is 17.4 Å². The van der Waals surface area contributed by atoms with Crippen molar-refractivity contribution in [3.63, 3.8) is 0 Å². The largest absolute Gasteiger partial charge is 0.472 e. The van der Waals surface area contributed by atoms with Crippen LogP contribution in [0.3, 0.4) is 0 Å². The van der Waals surface area contributed by atoms with E-state index in [1.165, 1.54) is 295 Å². The minimum absolute atomic E-state index is 0.0654. The van der Waals surface area contributed by atoms with Gasteiger partial charge in [0.15, 0.2) is 0 Å². The van der Waals surface area contributed by atoms with Crippen molar-refractivity contribution in [3.05, 3.63) is 12.2 Å². The highest BCUT2D eigenvalue weighted by molar-refractivity contribution is 7.47. The molecule has 3 atom stereocenters. The second-order valence-electron chi connectivity index (χ2n) is 24.2. The molecule has 3 N–H and O–H groups in total. The number of phosphoric ester groups is 1. The Balaban J connectivity index is 4.07. The first-order valence-corrected chi connectivity index (χ1v) is 34.6. The monoisotopic (exact) mass is 1070 g/mol. The summed E-state index contributed by atoms with van der Waals surface area (Å²) in [7, 11) is 1.59. The lowest BCUT2D eigenvalue weighted by Crippen LogP contribution is -2.45. The van der Waals surface area contributed by atoms with E-state index in [4.69, 9.17) is 9.05 Å². The summed E-state index contributed by atoms with van der Waals surface area (Å²) >= 11 is 0. The summed E-state index contributed by atoms with van der Waals surface area (Å²) in [6.45, 7) is 4.88. The maximum Gasteiger partial charge on any atom is 0.472 e. The van der Waals surface area contributed by atoms with Gasteiger partial charge in [-0.15, -0.1) is 0 Å². The molecule has 0 rings (SSSR count). The Morgan fingerprint density at radius 3 is 1.00 bits per heavy atom. The van der Waals surface area contributed by atoms with Crippen LogP contribution in [-0.4, -0.2) is 73.4 Å². The van der Waals surface area contributed by atoms with Crippen LogP contribution in [0, 0.1) is 0 Å². The van der Waals surface area contributed by atoms with Gasteiger partial charge in [0.2, 0.25) is 5.91 Å². The summed E-state index contributed by atoms with van der Waals surface area (Å²) in [5.74, 6) is -0.167. The smallest absolute Gasteiger partial charge is 0.387 e. The SMILES string of the molecule is CCCCCCCCCCCCCCCCCCCCCCCC/C=C/C(O)C(COP(=O)(O)OCC[N+](C)(C)C)NC(=O)CCCCCCCCCCCCCCCCCCCCCCCCCCCCCC. The zero-order valence-electron chi connectivity index (χ0n) is 50.6. The van der Waals surface area contributed by atoms with E-state index in [1.54, 1.807) is 6.08 Å². The van der Waals surface area contributed by atoms with Gasteiger partial charge in [-0.25, -0.2) is 4.57 Å². The minimum atomic E-state index is -4.35. The Bertz CT molecular complexity index is 1210. The molecule has 0 radical (unpaired) electrons. The molecule has 9 heteroatoms. The van der Waals surface area contributed by atoms with E-state index >= 15 is 0 Å². The number of allylic oxidation sites excluding steroid dienone is 1. The Kier molecular flexibility index (Phi) is 56.4. The molecule has 0 aliphatic rings. The maximum atomic E-state index is 13.0. The van der Waals surface area contributed by atoms with E-state index in [-0.39, 0.29) is 19.1 Å². The Hall–Kier alpha value is -0.760. The van der Waals surface area contributed by atoms with Crippen LogP contribution in [0.4, 0.5) is 0 Å². The first kappa shape index (κ1) is 73.2. The number of likely N-dealkylation sites (N-methyl/N-ethyl adjacent to an activating group) is 1. The van der Waals surface area contributed by atoms with Crippen molar-refractivity contribution in [1.29, 1.82) is 0 Å². The fourth-order valence-electron chi connectivity index (χ4n) is 10.3. The molecule has 0 aliphatic heterocycles. The van der Waals surface area contributed by atoms with Crippen LogP contribution >= 0.6 is 7.82 Å². The minimum Gasteiger partial charge on any atom is -0.387 e. The molecular formula is C65H132N2O6P+. The van der Waals surface area contributed by atoms with Gasteiger partial charge in [0, 0.05) is 6.42 Å². The van der Waals surface area contributed by atoms with Crippen LogP contribution in [0.15, 0.2) is 12.2 Å². The van der Waals surface area contributed by atoms with Gasteiger partial charge in [0.05, 0.1) is 39.9 Å². The van der Waals surface area contributed by atoms with Crippen LogP contribution in [0.25, 0.3) is 0 Å². The average molecular weight is 1070 g/mol. The molecule has 0 fully saturated rings. The van der Waals surface area contributed by atoms with Crippen molar-refractivity contribution in [2.24, 2.45) is 0 Å². The molecular weight excluding hydrogens is 936 g/mol. The Morgan fingerprint density at radius 2 is 0.716 bits per heavy atom. The number of carbonyl (C=O) groups is 1.